The summed E-state index contributed by atoms with van der Waals surface area (Å²) < 4.78 is 41.1. The monoisotopic (exact) mass is 758 g/mol. The smallest absolute Gasteiger partial charge is 0.264 e. The van der Waals surface area contributed by atoms with Crippen molar-refractivity contribution in [2.24, 2.45) is 17.8 Å². The Morgan fingerprint density at radius 3 is 2.60 bits per heavy atom. The minimum Gasteiger partial charge on any atom is -0.487 e. The summed E-state index contributed by atoms with van der Waals surface area (Å²) in [6.45, 7) is 8.23. The van der Waals surface area contributed by atoms with Crippen molar-refractivity contribution >= 4 is 39.1 Å². The van der Waals surface area contributed by atoms with Crippen LogP contribution in [0.1, 0.15) is 80.3 Å². The van der Waals surface area contributed by atoms with Gasteiger partial charge in [-0.25, -0.2) is 13.1 Å². The second-order valence-corrected chi connectivity index (χ2v) is 17.9. The molecule has 1 saturated heterocycles. The minimum absolute atomic E-state index is 0.00987. The van der Waals surface area contributed by atoms with Gasteiger partial charge in [-0.3, -0.25) is 14.5 Å². The molecule has 1 saturated carbocycles. The Balaban J connectivity index is 1.33. The van der Waals surface area contributed by atoms with Gasteiger partial charge in [0.1, 0.15) is 12.4 Å². The molecule has 2 aromatic carbocycles. The first-order valence-corrected chi connectivity index (χ1v) is 20.9. The number of hydrogen-bond acceptors (Lipinski definition) is 9. The number of benzene rings is 2. The second kappa shape index (κ2) is 16.6. The highest BCUT2D eigenvalue weighted by Crippen LogP contribution is 2.46. The van der Waals surface area contributed by atoms with E-state index < -0.39 is 26.8 Å². The van der Waals surface area contributed by atoms with Crippen molar-refractivity contribution in [3.63, 3.8) is 0 Å². The number of nitrogens with zero attached hydrogens (tertiary/aromatic N) is 3. The highest BCUT2D eigenvalue weighted by atomic mass is 35.5. The predicted molar refractivity (Wildman–Crippen MR) is 202 cm³/mol. The number of halogens is 1. The number of nitrogens with one attached hydrogen (secondary N) is 1. The number of sulfonamides is 1. The van der Waals surface area contributed by atoms with E-state index in [4.69, 9.17) is 21.1 Å². The molecule has 6 rings (SSSR count). The van der Waals surface area contributed by atoms with E-state index in [2.05, 4.69) is 14.5 Å². The van der Waals surface area contributed by atoms with E-state index in [-0.39, 0.29) is 35.8 Å². The molecular weight excluding hydrogens is 704 g/mol. The van der Waals surface area contributed by atoms with Gasteiger partial charge in [-0.05, 0) is 111 Å². The third kappa shape index (κ3) is 8.89. The van der Waals surface area contributed by atoms with E-state index in [1.807, 2.05) is 30.0 Å². The van der Waals surface area contributed by atoms with Gasteiger partial charge >= 0.3 is 0 Å². The lowest BCUT2D eigenvalue weighted by molar-refractivity contribution is -0.149. The number of carbonyl (C=O) groups is 2. The lowest BCUT2D eigenvalue weighted by Crippen LogP contribution is -2.60. The SMILES string of the molecule is COCCN1CCN(CC2(O)CCC[C@H](C)[C@@H](C)S(=O)(=O)NC(=O)c3ccc4c(c3)N(CCCCc3cc(Cl)ccc3CO4)C[C@@H]3CC[C@H]32)C(=O)C1. The lowest BCUT2D eigenvalue weighted by Gasteiger charge is -2.51. The van der Waals surface area contributed by atoms with Gasteiger partial charge in [0.2, 0.25) is 15.9 Å². The number of ether oxygens (including phenoxy) is 2. The number of aryl methyl sites for hydroxylation is 1. The average Bonchev–Trinajstić information content (AvgIpc) is 3.12. The zero-order valence-electron chi connectivity index (χ0n) is 30.8. The highest BCUT2D eigenvalue weighted by molar-refractivity contribution is 7.90. The van der Waals surface area contributed by atoms with Crippen LogP contribution in [0.5, 0.6) is 5.75 Å². The van der Waals surface area contributed by atoms with Crippen LogP contribution >= 0.6 is 11.6 Å². The summed E-state index contributed by atoms with van der Waals surface area (Å²) in [5, 5.41) is 12.5. The number of anilines is 1. The molecule has 13 heteroatoms. The molecule has 286 valence electrons. The van der Waals surface area contributed by atoms with E-state index in [0.29, 0.717) is 76.0 Å². The van der Waals surface area contributed by atoms with Crippen LogP contribution in [0.15, 0.2) is 36.4 Å². The van der Waals surface area contributed by atoms with Crippen LogP contribution in [0, 0.1) is 17.8 Å². The number of aliphatic hydroxyl groups is 1. The summed E-state index contributed by atoms with van der Waals surface area (Å²) in [5.41, 5.74) is 2.04. The van der Waals surface area contributed by atoms with E-state index in [9.17, 15) is 23.1 Å². The number of piperazine rings is 1. The summed E-state index contributed by atoms with van der Waals surface area (Å²) in [7, 11) is -2.34. The van der Waals surface area contributed by atoms with Crippen molar-refractivity contribution in [1.29, 1.82) is 0 Å². The molecule has 2 aromatic rings. The first kappa shape index (κ1) is 38.8. The van der Waals surface area contributed by atoms with Gasteiger partial charge < -0.3 is 24.4 Å². The quantitative estimate of drug-likeness (QED) is 0.439. The number of fused-ring (bicyclic) bond motifs is 3. The number of amides is 2. The molecule has 1 unspecified atom stereocenters. The Morgan fingerprint density at radius 1 is 1.02 bits per heavy atom. The molecule has 0 spiro atoms. The molecule has 2 fully saturated rings. The summed E-state index contributed by atoms with van der Waals surface area (Å²) in [4.78, 5) is 33.2. The summed E-state index contributed by atoms with van der Waals surface area (Å²) >= 11 is 6.37. The van der Waals surface area contributed by atoms with Gasteiger partial charge in [0.05, 0.1) is 29.7 Å². The molecule has 2 amide bonds. The average molecular weight is 759 g/mol. The van der Waals surface area contributed by atoms with Crippen molar-refractivity contribution in [2.75, 3.05) is 64.4 Å². The first-order valence-electron chi connectivity index (χ1n) is 18.9. The maximum Gasteiger partial charge on any atom is 0.264 e. The maximum atomic E-state index is 13.6. The molecule has 11 nitrogen and oxygen atoms in total. The van der Waals surface area contributed by atoms with Gasteiger partial charge in [0, 0.05) is 57.0 Å². The van der Waals surface area contributed by atoms with Crippen molar-refractivity contribution in [2.45, 2.75) is 82.7 Å². The summed E-state index contributed by atoms with van der Waals surface area (Å²) in [5.74, 6) is -0.203. The fourth-order valence-corrected chi connectivity index (χ4v) is 9.96. The topological polar surface area (TPSA) is 129 Å². The largest absolute Gasteiger partial charge is 0.487 e. The van der Waals surface area contributed by atoms with Crippen molar-refractivity contribution in [3.05, 3.63) is 58.1 Å². The minimum atomic E-state index is -4.00. The number of hydrogen-bond donors (Lipinski definition) is 2. The molecule has 3 aliphatic heterocycles. The standard InChI is InChI=1S/C39H55ClN4O7S/c1-27-7-6-15-39(47,26-44-18-17-42(19-20-50-3)24-37(44)45)34-13-10-31(34)23-43-16-5-4-8-29-21-33(40)12-9-32(29)25-51-36-14-11-30(22-35(36)43)38(46)41-52(48,49)28(27)2/h9,11-12,14,21-22,27-28,31,34,47H,4-8,10,13,15-20,23-26H2,1-3H3,(H,41,46)/t27-,28+,31-,34+,39?/m0/s1. The summed E-state index contributed by atoms with van der Waals surface area (Å²) in [6.07, 6.45) is 6.04. The van der Waals surface area contributed by atoms with Crippen LogP contribution in [0.4, 0.5) is 5.69 Å². The zero-order valence-corrected chi connectivity index (χ0v) is 32.4. The number of methoxy groups -OCH3 is 1. The van der Waals surface area contributed by atoms with Gasteiger partial charge in [-0.15, -0.1) is 0 Å². The van der Waals surface area contributed by atoms with Crippen LogP contribution in [0.2, 0.25) is 5.02 Å². The molecular formula is C39H55ClN4O7S. The van der Waals surface area contributed by atoms with Crippen LogP contribution in [0.3, 0.4) is 0 Å². The maximum absolute atomic E-state index is 13.6. The fraction of sp³-hybridized carbons (Fsp3) is 0.641. The van der Waals surface area contributed by atoms with Crippen molar-refractivity contribution in [1.82, 2.24) is 14.5 Å². The van der Waals surface area contributed by atoms with Gasteiger partial charge in [-0.1, -0.05) is 31.0 Å². The molecule has 2 bridgehead atoms. The van der Waals surface area contributed by atoms with Crippen LogP contribution in [-0.4, -0.2) is 106 Å². The Hall–Kier alpha value is -2.90. The molecule has 5 atom stereocenters. The number of rotatable bonds is 5. The van der Waals surface area contributed by atoms with Gasteiger partial charge in [-0.2, -0.15) is 0 Å². The predicted octanol–water partition coefficient (Wildman–Crippen LogP) is 4.88. The Labute approximate surface area is 314 Å². The second-order valence-electron chi connectivity index (χ2n) is 15.5. The van der Waals surface area contributed by atoms with Gasteiger partial charge in [0.15, 0.2) is 0 Å². The molecule has 1 aliphatic carbocycles. The molecule has 2 N–H and O–H groups in total. The third-order valence-electron chi connectivity index (χ3n) is 12.1. The Bertz CT molecular complexity index is 1710. The molecule has 52 heavy (non-hydrogen) atoms. The van der Waals surface area contributed by atoms with E-state index in [0.717, 1.165) is 55.5 Å². The molecule has 0 radical (unpaired) electrons. The van der Waals surface area contributed by atoms with E-state index >= 15 is 0 Å². The normalized spacial score (nSPS) is 29.1. The summed E-state index contributed by atoms with van der Waals surface area (Å²) in [6, 6.07) is 11.0. The highest BCUT2D eigenvalue weighted by Gasteiger charge is 2.48. The van der Waals surface area contributed by atoms with Gasteiger partial charge in [0.25, 0.3) is 5.91 Å². The molecule has 4 aliphatic rings. The van der Waals surface area contributed by atoms with Crippen molar-refractivity contribution < 1.29 is 32.6 Å². The Kier molecular flexibility index (Phi) is 12.4. The van der Waals surface area contributed by atoms with E-state index in [1.54, 1.807) is 32.2 Å². The lowest BCUT2D eigenvalue weighted by atomic mass is 9.62. The number of β-amino-alcohol motifs (C(OH)–C–C–N with tert-alkyl or cyclic N) is 1. The molecule has 3 heterocycles. The Morgan fingerprint density at radius 2 is 1.85 bits per heavy atom. The van der Waals surface area contributed by atoms with Crippen LogP contribution in [-0.2, 0) is 32.6 Å². The van der Waals surface area contributed by atoms with Crippen LogP contribution < -0.4 is 14.4 Å². The zero-order chi connectivity index (χ0) is 37.0. The number of carbonyl (C=O) groups excluding carboxylic acids is 2. The fourth-order valence-electron chi connectivity index (χ4n) is 8.46. The first-order chi connectivity index (χ1) is 24.9. The third-order valence-corrected chi connectivity index (χ3v) is 14.2. The van der Waals surface area contributed by atoms with E-state index in [1.165, 1.54) is 0 Å². The molecule has 0 aromatic heterocycles. The van der Waals surface area contributed by atoms with Crippen LogP contribution in [0.25, 0.3) is 0 Å². The van der Waals surface area contributed by atoms with Crippen molar-refractivity contribution in [3.8, 4) is 5.75 Å².